The molecule has 0 spiro atoms. The van der Waals surface area contributed by atoms with Crippen molar-refractivity contribution in [2.75, 3.05) is 0 Å². The Morgan fingerprint density at radius 2 is 2.04 bits per heavy atom. The first-order valence-corrected chi connectivity index (χ1v) is 9.49. The number of amides is 1. The van der Waals surface area contributed by atoms with Crippen molar-refractivity contribution in [1.82, 2.24) is 29.6 Å². The third-order valence-electron chi connectivity index (χ3n) is 4.56. The Bertz CT molecular complexity index is 1180. The van der Waals surface area contributed by atoms with Crippen LogP contribution in [0.25, 0.3) is 10.2 Å². The molecule has 1 aromatic carbocycles. The largest absolute Gasteiger partial charge is 0.343 e. The van der Waals surface area contributed by atoms with E-state index in [4.69, 9.17) is 0 Å². The highest BCUT2D eigenvalue weighted by molar-refractivity contribution is 7.20. The van der Waals surface area contributed by atoms with Crippen LogP contribution in [0.1, 0.15) is 26.8 Å². The van der Waals surface area contributed by atoms with Gasteiger partial charge < -0.3 is 9.88 Å². The van der Waals surface area contributed by atoms with Crippen molar-refractivity contribution >= 4 is 27.5 Å². The lowest BCUT2D eigenvalue weighted by atomic mass is 10.1. The van der Waals surface area contributed by atoms with Crippen molar-refractivity contribution in [3.8, 4) is 0 Å². The molecule has 0 fully saturated rings. The van der Waals surface area contributed by atoms with Gasteiger partial charge in [0.2, 0.25) is 0 Å². The standard InChI is InChI=1S/C19H18N6O2S/c1-12-15-18(21-11-24(2)19(15)27)28-16(12)17(26)23-14(8-25-10-20-9-22-25)13-6-4-3-5-7-13/h3-7,9-11,14H,8H2,1-2H3,(H,23,26). The zero-order chi connectivity index (χ0) is 19.7. The molecule has 0 bridgehead atoms. The predicted octanol–water partition coefficient (Wildman–Crippen LogP) is 2.07. The van der Waals surface area contributed by atoms with Crippen LogP contribution in [0.2, 0.25) is 0 Å². The molecule has 0 aliphatic heterocycles. The van der Waals surface area contributed by atoms with E-state index >= 15 is 0 Å². The van der Waals surface area contributed by atoms with E-state index in [0.29, 0.717) is 27.2 Å². The number of aromatic nitrogens is 5. The van der Waals surface area contributed by atoms with Gasteiger partial charge in [-0.05, 0) is 18.1 Å². The summed E-state index contributed by atoms with van der Waals surface area (Å²) < 4.78 is 3.09. The maximum Gasteiger partial charge on any atom is 0.262 e. The molecule has 3 aromatic heterocycles. The Kier molecular flexibility index (Phi) is 4.74. The first kappa shape index (κ1) is 18.1. The fourth-order valence-corrected chi connectivity index (χ4v) is 4.13. The number of benzene rings is 1. The van der Waals surface area contributed by atoms with Gasteiger partial charge in [-0.1, -0.05) is 30.3 Å². The van der Waals surface area contributed by atoms with Gasteiger partial charge >= 0.3 is 0 Å². The Morgan fingerprint density at radius 3 is 2.75 bits per heavy atom. The summed E-state index contributed by atoms with van der Waals surface area (Å²) in [6.45, 7) is 2.23. The van der Waals surface area contributed by atoms with Crippen molar-refractivity contribution in [2.45, 2.75) is 19.5 Å². The molecule has 142 valence electrons. The number of carbonyl (C=O) groups is 1. The van der Waals surface area contributed by atoms with Gasteiger partial charge in [-0.2, -0.15) is 5.10 Å². The van der Waals surface area contributed by atoms with E-state index in [-0.39, 0.29) is 17.5 Å². The fraction of sp³-hybridized carbons (Fsp3) is 0.211. The molecular formula is C19H18N6O2S. The average molecular weight is 394 g/mol. The molecule has 1 unspecified atom stereocenters. The van der Waals surface area contributed by atoms with Crippen LogP contribution in [0, 0.1) is 6.92 Å². The van der Waals surface area contributed by atoms with E-state index in [2.05, 4.69) is 20.4 Å². The molecule has 28 heavy (non-hydrogen) atoms. The van der Waals surface area contributed by atoms with E-state index in [0.717, 1.165) is 5.56 Å². The van der Waals surface area contributed by atoms with E-state index < -0.39 is 0 Å². The van der Waals surface area contributed by atoms with Crippen LogP contribution in [0.5, 0.6) is 0 Å². The average Bonchev–Trinajstić information content (AvgIpc) is 3.33. The van der Waals surface area contributed by atoms with Gasteiger partial charge in [-0.3, -0.25) is 14.3 Å². The molecule has 1 atom stereocenters. The van der Waals surface area contributed by atoms with Gasteiger partial charge in [0, 0.05) is 7.05 Å². The van der Waals surface area contributed by atoms with Crippen LogP contribution < -0.4 is 10.9 Å². The van der Waals surface area contributed by atoms with Gasteiger partial charge in [-0.15, -0.1) is 11.3 Å². The first-order valence-electron chi connectivity index (χ1n) is 8.67. The second kappa shape index (κ2) is 7.35. The summed E-state index contributed by atoms with van der Waals surface area (Å²) >= 11 is 1.23. The molecule has 4 aromatic rings. The van der Waals surface area contributed by atoms with Crippen molar-refractivity contribution in [3.05, 3.63) is 75.7 Å². The summed E-state index contributed by atoms with van der Waals surface area (Å²) in [5.74, 6) is -0.239. The van der Waals surface area contributed by atoms with Crippen LogP contribution in [0.4, 0.5) is 0 Å². The number of aryl methyl sites for hydroxylation is 2. The van der Waals surface area contributed by atoms with Gasteiger partial charge in [-0.25, -0.2) is 9.97 Å². The van der Waals surface area contributed by atoms with E-state index in [1.807, 2.05) is 30.3 Å². The molecular weight excluding hydrogens is 376 g/mol. The lowest BCUT2D eigenvalue weighted by Gasteiger charge is -2.19. The highest BCUT2D eigenvalue weighted by atomic mass is 32.1. The van der Waals surface area contributed by atoms with Crippen LogP contribution >= 0.6 is 11.3 Å². The normalized spacial score (nSPS) is 12.2. The van der Waals surface area contributed by atoms with Gasteiger partial charge in [0.05, 0.1) is 29.2 Å². The molecule has 9 heteroatoms. The minimum Gasteiger partial charge on any atom is -0.343 e. The minimum atomic E-state index is -0.296. The highest BCUT2D eigenvalue weighted by Crippen LogP contribution is 2.27. The molecule has 0 aliphatic carbocycles. The second-order valence-corrected chi connectivity index (χ2v) is 7.45. The molecule has 0 aliphatic rings. The predicted molar refractivity (Wildman–Crippen MR) is 106 cm³/mol. The zero-order valence-electron chi connectivity index (χ0n) is 15.4. The van der Waals surface area contributed by atoms with E-state index in [1.165, 1.54) is 28.6 Å². The number of hydrogen-bond acceptors (Lipinski definition) is 6. The highest BCUT2D eigenvalue weighted by Gasteiger charge is 2.22. The zero-order valence-corrected chi connectivity index (χ0v) is 16.2. The summed E-state index contributed by atoms with van der Waals surface area (Å²) in [6.07, 6.45) is 4.54. The summed E-state index contributed by atoms with van der Waals surface area (Å²) in [5, 5.41) is 7.70. The number of nitrogens with zero attached hydrogens (tertiary/aromatic N) is 5. The first-order chi connectivity index (χ1) is 13.5. The third-order valence-corrected chi connectivity index (χ3v) is 5.76. The van der Waals surface area contributed by atoms with Crippen molar-refractivity contribution in [2.24, 2.45) is 7.05 Å². The van der Waals surface area contributed by atoms with Gasteiger partial charge in [0.15, 0.2) is 0 Å². The molecule has 1 amide bonds. The van der Waals surface area contributed by atoms with Crippen LogP contribution in [0.15, 0.2) is 54.1 Å². The number of thiophene rings is 1. The molecule has 0 saturated carbocycles. The number of rotatable bonds is 5. The summed E-state index contributed by atoms with van der Waals surface area (Å²) in [6, 6.07) is 9.39. The summed E-state index contributed by atoms with van der Waals surface area (Å²) in [4.78, 5) is 34.8. The number of fused-ring (bicyclic) bond motifs is 1. The summed E-state index contributed by atoms with van der Waals surface area (Å²) in [5.41, 5.74) is 1.46. The smallest absolute Gasteiger partial charge is 0.262 e. The van der Waals surface area contributed by atoms with Gasteiger partial charge in [0.1, 0.15) is 17.5 Å². The Labute approximate surface area is 164 Å². The SMILES string of the molecule is Cc1c(C(=O)NC(Cn2cncn2)c2ccccc2)sc2ncn(C)c(=O)c12. The lowest BCUT2D eigenvalue weighted by Crippen LogP contribution is -2.31. The lowest BCUT2D eigenvalue weighted by molar-refractivity contribution is 0.0935. The molecule has 3 heterocycles. The maximum atomic E-state index is 13.1. The topological polar surface area (TPSA) is 94.7 Å². The fourth-order valence-electron chi connectivity index (χ4n) is 3.08. The number of nitrogens with one attached hydrogen (secondary N) is 1. The molecule has 0 radical (unpaired) electrons. The Hall–Kier alpha value is -3.33. The molecule has 0 saturated heterocycles. The van der Waals surface area contributed by atoms with Crippen LogP contribution in [-0.4, -0.2) is 30.2 Å². The quantitative estimate of drug-likeness (QED) is 0.559. The number of carbonyl (C=O) groups excluding carboxylic acids is 1. The number of hydrogen-bond donors (Lipinski definition) is 1. The maximum absolute atomic E-state index is 13.1. The second-order valence-electron chi connectivity index (χ2n) is 6.45. The Morgan fingerprint density at radius 1 is 1.25 bits per heavy atom. The Balaban J connectivity index is 1.68. The molecule has 4 rings (SSSR count). The van der Waals surface area contributed by atoms with Crippen molar-refractivity contribution < 1.29 is 4.79 Å². The minimum absolute atomic E-state index is 0.153. The molecule has 8 nitrogen and oxygen atoms in total. The monoisotopic (exact) mass is 394 g/mol. The molecule has 1 N–H and O–H groups in total. The third kappa shape index (κ3) is 3.31. The summed E-state index contributed by atoms with van der Waals surface area (Å²) in [7, 11) is 1.65. The van der Waals surface area contributed by atoms with E-state index in [9.17, 15) is 9.59 Å². The van der Waals surface area contributed by atoms with Crippen LogP contribution in [0.3, 0.4) is 0 Å². The van der Waals surface area contributed by atoms with E-state index in [1.54, 1.807) is 25.0 Å². The van der Waals surface area contributed by atoms with Crippen LogP contribution in [-0.2, 0) is 13.6 Å². The van der Waals surface area contributed by atoms with Gasteiger partial charge in [0.25, 0.3) is 11.5 Å². The van der Waals surface area contributed by atoms with Crippen molar-refractivity contribution in [1.29, 1.82) is 0 Å². The van der Waals surface area contributed by atoms with Crippen molar-refractivity contribution in [3.63, 3.8) is 0 Å².